The number of nitro groups is 1. The number of nitrogen functional groups attached to an aromatic ring is 1. The molecular weight excluding hydrogens is 241 g/mol. The first-order valence-corrected chi connectivity index (χ1v) is 4.89. The van der Waals surface area contributed by atoms with Gasteiger partial charge in [-0.2, -0.15) is 4.39 Å². The fraction of sp³-hybridized carbons (Fsp3) is 0. The van der Waals surface area contributed by atoms with Crippen molar-refractivity contribution < 1.29 is 14.1 Å². The normalized spacial score (nSPS) is 10.1. The molecule has 0 fully saturated rings. The number of rotatable bonds is 3. The van der Waals surface area contributed by atoms with E-state index < -0.39 is 16.4 Å². The van der Waals surface area contributed by atoms with Crippen LogP contribution < -0.4 is 10.5 Å². The highest BCUT2D eigenvalue weighted by atomic mass is 19.1. The lowest BCUT2D eigenvalue weighted by Crippen LogP contribution is -1.95. The zero-order chi connectivity index (χ0) is 13.1. The van der Waals surface area contributed by atoms with Crippen LogP contribution >= 0.6 is 0 Å². The number of benzene rings is 1. The molecule has 0 aliphatic heterocycles. The summed E-state index contributed by atoms with van der Waals surface area (Å²) in [6.07, 6.45) is 2.85. The molecule has 2 rings (SSSR count). The molecule has 6 nitrogen and oxygen atoms in total. The third-order valence-corrected chi connectivity index (χ3v) is 2.15. The van der Waals surface area contributed by atoms with E-state index in [1.807, 2.05) is 0 Å². The molecule has 0 aliphatic carbocycles. The summed E-state index contributed by atoms with van der Waals surface area (Å²) in [5, 5.41) is 10.4. The Morgan fingerprint density at radius 1 is 1.39 bits per heavy atom. The second kappa shape index (κ2) is 4.66. The SMILES string of the molecule is Nc1cnccc1Oc1ccc([N+](=O)[O-])c(F)c1. The largest absolute Gasteiger partial charge is 0.455 e. The van der Waals surface area contributed by atoms with Crippen molar-refractivity contribution in [2.75, 3.05) is 5.73 Å². The second-order valence-corrected chi connectivity index (χ2v) is 3.39. The number of halogens is 1. The van der Waals surface area contributed by atoms with Crippen molar-refractivity contribution in [1.82, 2.24) is 4.98 Å². The molecule has 0 radical (unpaired) electrons. The van der Waals surface area contributed by atoms with Crippen LogP contribution in [0.1, 0.15) is 0 Å². The van der Waals surface area contributed by atoms with Gasteiger partial charge in [-0.1, -0.05) is 0 Å². The molecule has 0 saturated carbocycles. The predicted molar refractivity (Wildman–Crippen MR) is 61.8 cm³/mol. The number of nitrogens with two attached hydrogens (primary N) is 1. The van der Waals surface area contributed by atoms with Gasteiger partial charge in [0.25, 0.3) is 0 Å². The molecule has 0 unspecified atom stereocenters. The molecule has 1 heterocycles. The van der Waals surface area contributed by atoms with Crippen molar-refractivity contribution in [2.24, 2.45) is 0 Å². The van der Waals surface area contributed by atoms with E-state index in [9.17, 15) is 14.5 Å². The monoisotopic (exact) mass is 249 g/mol. The molecule has 0 aliphatic rings. The summed E-state index contributed by atoms with van der Waals surface area (Å²) in [6.45, 7) is 0. The second-order valence-electron chi connectivity index (χ2n) is 3.39. The molecule has 2 N–H and O–H groups in total. The van der Waals surface area contributed by atoms with E-state index in [1.165, 1.54) is 24.5 Å². The standard InChI is InChI=1S/C11H8FN3O3/c12-8-5-7(1-2-10(8)15(16)17)18-11-3-4-14-6-9(11)13/h1-6H,13H2. The zero-order valence-electron chi connectivity index (χ0n) is 9.04. The van der Waals surface area contributed by atoms with E-state index in [1.54, 1.807) is 0 Å². The Morgan fingerprint density at radius 3 is 2.78 bits per heavy atom. The molecule has 92 valence electrons. The van der Waals surface area contributed by atoms with E-state index in [2.05, 4.69) is 4.98 Å². The minimum atomic E-state index is -0.967. The minimum absolute atomic E-state index is 0.121. The van der Waals surface area contributed by atoms with Crippen molar-refractivity contribution in [3.8, 4) is 11.5 Å². The van der Waals surface area contributed by atoms with E-state index in [4.69, 9.17) is 10.5 Å². The summed E-state index contributed by atoms with van der Waals surface area (Å²) in [6, 6.07) is 4.76. The first-order valence-electron chi connectivity index (χ1n) is 4.89. The quantitative estimate of drug-likeness (QED) is 0.666. The topological polar surface area (TPSA) is 91.3 Å². The van der Waals surface area contributed by atoms with Crippen LogP contribution in [-0.2, 0) is 0 Å². The highest BCUT2D eigenvalue weighted by Crippen LogP contribution is 2.29. The Kier molecular flexibility index (Phi) is 3.05. The highest BCUT2D eigenvalue weighted by Gasteiger charge is 2.14. The summed E-state index contributed by atoms with van der Waals surface area (Å²) >= 11 is 0. The van der Waals surface area contributed by atoms with E-state index in [-0.39, 0.29) is 11.4 Å². The first-order chi connectivity index (χ1) is 8.58. The van der Waals surface area contributed by atoms with Crippen LogP contribution in [0.2, 0.25) is 0 Å². The number of hydrogen-bond acceptors (Lipinski definition) is 5. The number of pyridine rings is 1. The van der Waals surface area contributed by atoms with Gasteiger partial charge in [-0.3, -0.25) is 15.1 Å². The van der Waals surface area contributed by atoms with Gasteiger partial charge in [0, 0.05) is 24.4 Å². The van der Waals surface area contributed by atoms with E-state index >= 15 is 0 Å². The van der Waals surface area contributed by atoms with Gasteiger partial charge >= 0.3 is 5.69 Å². The Morgan fingerprint density at radius 2 is 2.17 bits per heavy atom. The molecule has 7 heteroatoms. The average Bonchev–Trinajstić information content (AvgIpc) is 2.32. The van der Waals surface area contributed by atoms with Gasteiger partial charge < -0.3 is 10.5 Å². The third kappa shape index (κ3) is 2.34. The maximum absolute atomic E-state index is 13.3. The maximum atomic E-state index is 13.3. The summed E-state index contributed by atoms with van der Waals surface area (Å²) in [5.41, 5.74) is 5.28. The van der Waals surface area contributed by atoms with Gasteiger partial charge in [-0.15, -0.1) is 0 Å². The number of nitrogens with zero attached hydrogens (tertiary/aromatic N) is 2. The molecule has 18 heavy (non-hydrogen) atoms. The fourth-order valence-corrected chi connectivity index (χ4v) is 1.31. The molecule has 0 spiro atoms. The maximum Gasteiger partial charge on any atom is 0.305 e. The zero-order valence-corrected chi connectivity index (χ0v) is 9.04. The van der Waals surface area contributed by atoms with Crippen molar-refractivity contribution in [3.05, 3.63) is 52.6 Å². The van der Waals surface area contributed by atoms with Crippen LogP contribution in [-0.4, -0.2) is 9.91 Å². The van der Waals surface area contributed by atoms with Gasteiger partial charge in [0.05, 0.1) is 16.8 Å². The van der Waals surface area contributed by atoms with Crippen LogP contribution in [0.25, 0.3) is 0 Å². The number of aromatic nitrogens is 1. The molecule has 0 saturated heterocycles. The fourth-order valence-electron chi connectivity index (χ4n) is 1.31. The number of nitro benzene ring substituents is 1. The van der Waals surface area contributed by atoms with Crippen molar-refractivity contribution in [1.29, 1.82) is 0 Å². The van der Waals surface area contributed by atoms with Crippen LogP contribution in [0.3, 0.4) is 0 Å². The van der Waals surface area contributed by atoms with Gasteiger partial charge in [0.1, 0.15) is 5.75 Å². The molecular formula is C11H8FN3O3. The van der Waals surface area contributed by atoms with Crippen molar-refractivity contribution in [3.63, 3.8) is 0 Å². The van der Waals surface area contributed by atoms with Gasteiger partial charge in [0.2, 0.25) is 5.82 Å². The number of hydrogen-bond donors (Lipinski definition) is 1. The van der Waals surface area contributed by atoms with Crippen molar-refractivity contribution in [2.45, 2.75) is 0 Å². The molecule has 0 bridgehead atoms. The van der Waals surface area contributed by atoms with Crippen LogP contribution in [0, 0.1) is 15.9 Å². The minimum Gasteiger partial charge on any atom is -0.455 e. The molecule has 1 aromatic heterocycles. The predicted octanol–water partition coefficient (Wildman–Crippen LogP) is 2.50. The Bertz CT molecular complexity index is 604. The Balaban J connectivity index is 2.29. The van der Waals surface area contributed by atoms with Crippen LogP contribution in [0.15, 0.2) is 36.7 Å². The summed E-state index contributed by atoms with van der Waals surface area (Å²) in [7, 11) is 0. The molecule has 0 amide bonds. The average molecular weight is 249 g/mol. The van der Waals surface area contributed by atoms with E-state index in [0.29, 0.717) is 5.75 Å². The Hall–Kier alpha value is -2.70. The molecule has 2 aromatic rings. The van der Waals surface area contributed by atoms with E-state index in [0.717, 1.165) is 12.1 Å². The van der Waals surface area contributed by atoms with Crippen LogP contribution in [0.5, 0.6) is 11.5 Å². The number of ether oxygens (including phenoxy) is 1. The molecule has 1 aromatic carbocycles. The lowest BCUT2D eigenvalue weighted by atomic mass is 10.3. The first kappa shape index (κ1) is 11.8. The number of anilines is 1. The van der Waals surface area contributed by atoms with Crippen molar-refractivity contribution >= 4 is 11.4 Å². The summed E-state index contributed by atoms with van der Waals surface area (Å²) < 4.78 is 18.6. The molecule has 0 atom stereocenters. The van der Waals surface area contributed by atoms with Gasteiger partial charge in [-0.05, 0) is 6.07 Å². The lowest BCUT2D eigenvalue weighted by Gasteiger charge is -2.07. The third-order valence-electron chi connectivity index (χ3n) is 2.15. The van der Waals surface area contributed by atoms with Gasteiger partial charge in [-0.25, -0.2) is 0 Å². The Labute approximate surface area is 101 Å². The highest BCUT2D eigenvalue weighted by molar-refractivity contribution is 5.52. The summed E-state index contributed by atoms with van der Waals surface area (Å²) in [5.74, 6) is -0.542. The smallest absolute Gasteiger partial charge is 0.305 e. The van der Waals surface area contributed by atoms with Gasteiger partial charge in [0.15, 0.2) is 5.75 Å². The van der Waals surface area contributed by atoms with Crippen LogP contribution in [0.4, 0.5) is 15.8 Å². The summed E-state index contributed by atoms with van der Waals surface area (Å²) in [4.78, 5) is 13.4. The lowest BCUT2D eigenvalue weighted by molar-refractivity contribution is -0.387.